The smallest absolute Gasteiger partial charge is 0.319 e. The molecule has 0 aliphatic carbocycles. The van der Waals surface area contributed by atoms with Gasteiger partial charge in [0.1, 0.15) is 0 Å². The Bertz CT molecular complexity index is 141. The van der Waals surface area contributed by atoms with E-state index in [9.17, 15) is 17.6 Å². The lowest BCUT2D eigenvalue weighted by atomic mass is 10.3. The fraction of sp³-hybridized carbons (Fsp3) is 1.00. The summed E-state index contributed by atoms with van der Waals surface area (Å²) in [5.41, 5.74) is 0. The molecule has 0 aromatic carbocycles. The zero-order valence-corrected chi connectivity index (χ0v) is 8.12. The molecule has 0 saturated heterocycles. The van der Waals surface area contributed by atoms with Gasteiger partial charge in [-0.05, 0) is 33.0 Å². The summed E-state index contributed by atoms with van der Waals surface area (Å²) in [5, 5.41) is 5.21. The first-order valence-electron chi connectivity index (χ1n) is 4.52. The fourth-order valence-electron chi connectivity index (χ4n) is 0.884. The maximum absolute atomic E-state index is 12.3. The van der Waals surface area contributed by atoms with Gasteiger partial charge in [0.2, 0.25) is 0 Å². The van der Waals surface area contributed by atoms with Crippen LogP contribution >= 0.6 is 0 Å². The number of hydrogen-bond donors (Lipinski definition) is 2. The first kappa shape index (κ1) is 13.6. The summed E-state index contributed by atoms with van der Waals surface area (Å²) in [7, 11) is 1.79. The molecule has 14 heavy (non-hydrogen) atoms. The van der Waals surface area contributed by atoms with Crippen LogP contribution in [0.5, 0.6) is 0 Å². The van der Waals surface area contributed by atoms with Crippen molar-refractivity contribution in [3.8, 4) is 0 Å². The van der Waals surface area contributed by atoms with E-state index in [2.05, 4.69) is 10.6 Å². The number of rotatable bonds is 8. The van der Waals surface area contributed by atoms with Crippen molar-refractivity contribution in [1.29, 1.82) is 0 Å². The lowest BCUT2D eigenvalue weighted by Gasteiger charge is -2.15. The molecule has 0 radical (unpaired) electrons. The van der Waals surface area contributed by atoms with Gasteiger partial charge < -0.3 is 10.6 Å². The van der Waals surface area contributed by atoms with Crippen LogP contribution in [-0.4, -0.2) is 39.0 Å². The van der Waals surface area contributed by atoms with E-state index in [1.807, 2.05) is 0 Å². The van der Waals surface area contributed by atoms with Gasteiger partial charge in [0, 0.05) is 0 Å². The van der Waals surface area contributed by atoms with Gasteiger partial charge in [0.15, 0.2) is 0 Å². The van der Waals surface area contributed by atoms with Gasteiger partial charge in [-0.15, -0.1) is 0 Å². The molecular formula is C8H16F4N2. The van der Waals surface area contributed by atoms with Gasteiger partial charge in [-0.25, -0.2) is 8.78 Å². The van der Waals surface area contributed by atoms with Crippen LogP contribution in [0.3, 0.4) is 0 Å². The molecule has 2 nitrogen and oxygen atoms in total. The minimum atomic E-state index is -3.91. The van der Waals surface area contributed by atoms with E-state index >= 15 is 0 Å². The molecule has 6 heteroatoms. The number of alkyl halides is 4. The number of halogens is 4. The van der Waals surface area contributed by atoms with E-state index < -0.39 is 18.9 Å². The Labute approximate surface area is 81.1 Å². The monoisotopic (exact) mass is 216 g/mol. The molecule has 0 fully saturated rings. The SMILES string of the molecule is CNCCCCNCC(F)(F)C(F)F. The van der Waals surface area contributed by atoms with Crippen LogP contribution in [0.15, 0.2) is 0 Å². The minimum absolute atomic E-state index is 0.337. The zero-order valence-electron chi connectivity index (χ0n) is 8.12. The van der Waals surface area contributed by atoms with E-state index in [1.54, 1.807) is 7.05 Å². The quantitative estimate of drug-likeness (QED) is 0.474. The summed E-state index contributed by atoms with van der Waals surface area (Å²) in [4.78, 5) is 0. The second kappa shape index (κ2) is 7.00. The summed E-state index contributed by atoms with van der Waals surface area (Å²) in [6, 6.07) is 0. The largest absolute Gasteiger partial charge is 0.320 e. The minimum Gasteiger partial charge on any atom is -0.320 e. The summed E-state index contributed by atoms with van der Waals surface area (Å²) >= 11 is 0. The first-order valence-corrected chi connectivity index (χ1v) is 4.52. The van der Waals surface area contributed by atoms with E-state index in [0.717, 1.165) is 13.0 Å². The Morgan fingerprint density at radius 1 is 1.14 bits per heavy atom. The van der Waals surface area contributed by atoms with Gasteiger partial charge in [0.05, 0.1) is 6.54 Å². The van der Waals surface area contributed by atoms with E-state index in [1.165, 1.54) is 0 Å². The Morgan fingerprint density at radius 2 is 1.71 bits per heavy atom. The highest BCUT2D eigenvalue weighted by atomic mass is 19.3. The Hall–Kier alpha value is -0.360. The number of hydrogen-bond acceptors (Lipinski definition) is 2. The van der Waals surface area contributed by atoms with Crippen LogP contribution in [-0.2, 0) is 0 Å². The summed E-state index contributed by atoms with van der Waals surface area (Å²) in [5.74, 6) is -3.91. The van der Waals surface area contributed by atoms with Gasteiger partial charge in [-0.2, -0.15) is 8.78 Å². The molecule has 0 amide bonds. The standard InChI is InChI=1S/C8H16F4N2/c1-13-4-2-3-5-14-6-8(11,12)7(9)10/h7,13-14H,2-6H2,1H3. The van der Waals surface area contributed by atoms with Crippen molar-refractivity contribution in [2.24, 2.45) is 0 Å². The summed E-state index contributed by atoms with van der Waals surface area (Å²) in [6.07, 6.45) is -2.06. The molecule has 0 rings (SSSR count). The molecule has 0 unspecified atom stereocenters. The van der Waals surface area contributed by atoms with Crippen molar-refractivity contribution in [2.45, 2.75) is 25.2 Å². The van der Waals surface area contributed by atoms with Crippen molar-refractivity contribution >= 4 is 0 Å². The Balaban J connectivity index is 3.35. The topological polar surface area (TPSA) is 24.1 Å². The number of unbranched alkanes of at least 4 members (excludes halogenated alkanes) is 1. The van der Waals surface area contributed by atoms with Crippen LogP contribution in [0.25, 0.3) is 0 Å². The molecule has 0 spiro atoms. The van der Waals surface area contributed by atoms with Crippen LogP contribution < -0.4 is 10.6 Å². The van der Waals surface area contributed by atoms with Gasteiger partial charge in [0.25, 0.3) is 0 Å². The third-order valence-corrected chi connectivity index (χ3v) is 1.71. The second-order valence-electron chi connectivity index (χ2n) is 3.05. The van der Waals surface area contributed by atoms with Crippen LogP contribution in [0.2, 0.25) is 0 Å². The molecule has 0 saturated carbocycles. The molecule has 0 aromatic heterocycles. The molecule has 0 aromatic rings. The third kappa shape index (κ3) is 6.15. The molecule has 86 valence electrons. The molecule has 2 N–H and O–H groups in total. The second-order valence-corrected chi connectivity index (χ2v) is 3.05. The highest BCUT2D eigenvalue weighted by molar-refractivity contribution is 4.71. The van der Waals surface area contributed by atoms with Crippen LogP contribution in [0.4, 0.5) is 17.6 Å². The predicted octanol–water partition coefficient (Wildman–Crippen LogP) is 1.48. The first-order chi connectivity index (χ1) is 6.50. The van der Waals surface area contributed by atoms with Crippen molar-refractivity contribution in [3.63, 3.8) is 0 Å². The van der Waals surface area contributed by atoms with Crippen LogP contribution in [0.1, 0.15) is 12.8 Å². The average Bonchev–Trinajstić information content (AvgIpc) is 2.10. The maximum Gasteiger partial charge on any atom is 0.319 e. The van der Waals surface area contributed by atoms with Crippen LogP contribution in [0, 0.1) is 0 Å². The van der Waals surface area contributed by atoms with Gasteiger partial charge in [-0.3, -0.25) is 0 Å². The molecule has 0 aliphatic rings. The molecule has 0 heterocycles. The zero-order chi connectivity index (χ0) is 11.0. The molecular weight excluding hydrogens is 200 g/mol. The Morgan fingerprint density at radius 3 is 2.21 bits per heavy atom. The lowest BCUT2D eigenvalue weighted by molar-refractivity contribution is -0.125. The predicted molar refractivity (Wildman–Crippen MR) is 47.0 cm³/mol. The molecule has 0 bridgehead atoms. The van der Waals surface area contributed by atoms with E-state index in [-0.39, 0.29) is 0 Å². The van der Waals surface area contributed by atoms with E-state index in [0.29, 0.717) is 13.0 Å². The van der Waals surface area contributed by atoms with E-state index in [4.69, 9.17) is 0 Å². The fourth-order valence-corrected chi connectivity index (χ4v) is 0.884. The van der Waals surface area contributed by atoms with Crippen molar-refractivity contribution in [3.05, 3.63) is 0 Å². The number of nitrogens with one attached hydrogen (secondary N) is 2. The highest BCUT2D eigenvalue weighted by Crippen LogP contribution is 2.21. The van der Waals surface area contributed by atoms with Gasteiger partial charge in [-0.1, -0.05) is 0 Å². The normalized spacial score (nSPS) is 12.4. The summed E-state index contributed by atoms with van der Waals surface area (Å²) < 4.78 is 47.9. The average molecular weight is 216 g/mol. The van der Waals surface area contributed by atoms with Crippen molar-refractivity contribution < 1.29 is 17.6 Å². The Kier molecular flexibility index (Phi) is 6.82. The molecule has 0 atom stereocenters. The lowest BCUT2D eigenvalue weighted by Crippen LogP contribution is -2.39. The van der Waals surface area contributed by atoms with Crippen molar-refractivity contribution in [1.82, 2.24) is 10.6 Å². The maximum atomic E-state index is 12.3. The molecule has 0 aliphatic heterocycles. The van der Waals surface area contributed by atoms with Crippen molar-refractivity contribution in [2.75, 3.05) is 26.7 Å². The third-order valence-electron chi connectivity index (χ3n) is 1.71. The highest BCUT2D eigenvalue weighted by Gasteiger charge is 2.39. The van der Waals surface area contributed by atoms with Gasteiger partial charge >= 0.3 is 12.3 Å². The summed E-state index contributed by atoms with van der Waals surface area (Å²) in [6.45, 7) is 0.182.